The highest BCUT2D eigenvalue weighted by Crippen LogP contribution is 2.36. The first-order chi connectivity index (χ1) is 10.7. The number of rotatable bonds is 7. The van der Waals surface area contributed by atoms with E-state index in [2.05, 4.69) is 17.2 Å². The van der Waals surface area contributed by atoms with E-state index >= 15 is 0 Å². The number of nitrogens with zero attached hydrogens (tertiary/aromatic N) is 1. The summed E-state index contributed by atoms with van der Waals surface area (Å²) in [6.07, 6.45) is 3.57. The van der Waals surface area contributed by atoms with Crippen molar-refractivity contribution in [3.8, 4) is 11.5 Å². The molecule has 0 radical (unpaired) electrons. The van der Waals surface area contributed by atoms with Crippen LogP contribution < -0.4 is 14.8 Å². The first-order valence-corrected chi connectivity index (χ1v) is 8.12. The summed E-state index contributed by atoms with van der Waals surface area (Å²) in [7, 11) is 1.51. The van der Waals surface area contributed by atoms with Gasteiger partial charge in [0, 0.05) is 17.1 Å². The van der Waals surface area contributed by atoms with E-state index in [4.69, 9.17) is 21.1 Å². The van der Waals surface area contributed by atoms with Gasteiger partial charge in [0.25, 0.3) is 5.91 Å². The second kappa shape index (κ2) is 8.00. The normalized spacial score (nSPS) is 10.3. The van der Waals surface area contributed by atoms with Crippen LogP contribution in [0, 0.1) is 0 Å². The van der Waals surface area contributed by atoms with Gasteiger partial charge in [-0.3, -0.25) is 10.1 Å². The molecule has 0 aliphatic carbocycles. The summed E-state index contributed by atoms with van der Waals surface area (Å²) < 4.78 is 10.9. The molecular weight excluding hydrogens is 324 g/mol. The monoisotopic (exact) mass is 340 g/mol. The number of thiazole rings is 1. The molecule has 1 amide bonds. The molecule has 7 heteroatoms. The number of aromatic nitrogens is 1. The highest BCUT2D eigenvalue weighted by molar-refractivity contribution is 7.13. The number of unbranched alkanes of at least 4 members (excludes halogenated alkanes) is 1. The maximum Gasteiger partial charge on any atom is 0.257 e. The van der Waals surface area contributed by atoms with Gasteiger partial charge in [0.2, 0.25) is 0 Å². The fourth-order valence-corrected chi connectivity index (χ4v) is 2.55. The molecule has 2 rings (SSSR count). The van der Waals surface area contributed by atoms with Crippen LogP contribution in [0.1, 0.15) is 30.1 Å². The maximum absolute atomic E-state index is 12.2. The zero-order chi connectivity index (χ0) is 15.9. The van der Waals surface area contributed by atoms with Crippen LogP contribution in [0.2, 0.25) is 5.02 Å². The van der Waals surface area contributed by atoms with Crippen LogP contribution in [0.5, 0.6) is 11.5 Å². The van der Waals surface area contributed by atoms with E-state index in [1.165, 1.54) is 18.4 Å². The summed E-state index contributed by atoms with van der Waals surface area (Å²) in [4.78, 5) is 16.2. The van der Waals surface area contributed by atoms with Crippen LogP contribution in [-0.4, -0.2) is 24.6 Å². The molecule has 0 aliphatic heterocycles. The average molecular weight is 341 g/mol. The number of benzene rings is 1. The minimum Gasteiger partial charge on any atom is -0.493 e. The lowest BCUT2D eigenvalue weighted by atomic mass is 10.2. The third kappa shape index (κ3) is 4.11. The molecule has 0 bridgehead atoms. The van der Waals surface area contributed by atoms with E-state index in [0.29, 0.717) is 33.8 Å². The Hall–Kier alpha value is -1.79. The molecule has 1 heterocycles. The Kier molecular flexibility index (Phi) is 6.03. The fourth-order valence-electron chi connectivity index (χ4n) is 1.76. The average Bonchev–Trinajstić information content (AvgIpc) is 3.01. The number of ether oxygens (including phenoxy) is 2. The molecule has 0 saturated carbocycles. The SMILES string of the molecule is CCCCOc1c(Cl)cc(C(=O)Nc2nccs2)cc1OC. The van der Waals surface area contributed by atoms with Gasteiger partial charge in [-0.15, -0.1) is 11.3 Å². The second-order valence-electron chi connectivity index (χ2n) is 4.48. The molecule has 0 spiro atoms. The van der Waals surface area contributed by atoms with Crippen LogP contribution in [-0.2, 0) is 0 Å². The number of hydrogen-bond acceptors (Lipinski definition) is 5. The lowest BCUT2D eigenvalue weighted by Crippen LogP contribution is -2.12. The number of carbonyl (C=O) groups excluding carboxylic acids is 1. The standard InChI is InChI=1S/C15H17ClN2O3S/c1-3-4-6-21-13-11(16)8-10(9-12(13)20-2)14(19)18-15-17-5-7-22-15/h5,7-9H,3-4,6H2,1-2H3,(H,17,18,19). The van der Waals surface area contributed by atoms with Crippen molar-refractivity contribution in [1.29, 1.82) is 0 Å². The van der Waals surface area contributed by atoms with Gasteiger partial charge in [-0.25, -0.2) is 4.98 Å². The van der Waals surface area contributed by atoms with Gasteiger partial charge in [0.05, 0.1) is 18.7 Å². The van der Waals surface area contributed by atoms with Crippen molar-refractivity contribution in [3.05, 3.63) is 34.3 Å². The van der Waals surface area contributed by atoms with Crippen LogP contribution in [0.3, 0.4) is 0 Å². The summed E-state index contributed by atoms with van der Waals surface area (Å²) in [5, 5.41) is 5.37. The maximum atomic E-state index is 12.2. The molecule has 0 fully saturated rings. The van der Waals surface area contributed by atoms with Crippen molar-refractivity contribution in [2.24, 2.45) is 0 Å². The Morgan fingerprint density at radius 1 is 1.45 bits per heavy atom. The molecule has 2 aromatic rings. The Bertz CT molecular complexity index is 632. The number of halogens is 1. The van der Waals surface area contributed by atoms with Crippen molar-refractivity contribution in [3.63, 3.8) is 0 Å². The van der Waals surface area contributed by atoms with Crippen molar-refractivity contribution >= 4 is 34.0 Å². The molecule has 1 N–H and O–H groups in total. The molecule has 5 nitrogen and oxygen atoms in total. The third-order valence-electron chi connectivity index (χ3n) is 2.89. The van der Waals surface area contributed by atoms with Crippen molar-refractivity contribution in [1.82, 2.24) is 4.98 Å². The summed E-state index contributed by atoms with van der Waals surface area (Å²) in [6, 6.07) is 3.17. The van der Waals surface area contributed by atoms with E-state index in [1.54, 1.807) is 23.7 Å². The second-order valence-corrected chi connectivity index (χ2v) is 5.78. The number of carbonyl (C=O) groups is 1. The van der Waals surface area contributed by atoms with Crippen LogP contribution in [0.4, 0.5) is 5.13 Å². The quantitative estimate of drug-likeness (QED) is 0.766. The number of anilines is 1. The van der Waals surface area contributed by atoms with Gasteiger partial charge in [0.15, 0.2) is 16.6 Å². The summed E-state index contributed by atoms with van der Waals surface area (Å²) in [6.45, 7) is 2.63. The number of nitrogens with one attached hydrogen (secondary N) is 1. The van der Waals surface area contributed by atoms with E-state index < -0.39 is 0 Å². The molecule has 118 valence electrons. The lowest BCUT2D eigenvalue weighted by Gasteiger charge is -2.13. The molecule has 22 heavy (non-hydrogen) atoms. The largest absolute Gasteiger partial charge is 0.493 e. The minimum atomic E-state index is -0.296. The van der Waals surface area contributed by atoms with E-state index in [9.17, 15) is 4.79 Å². The highest BCUT2D eigenvalue weighted by atomic mass is 35.5. The van der Waals surface area contributed by atoms with E-state index in [1.807, 2.05) is 0 Å². The van der Waals surface area contributed by atoms with E-state index in [0.717, 1.165) is 12.8 Å². The number of methoxy groups -OCH3 is 1. The summed E-state index contributed by atoms with van der Waals surface area (Å²) >= 11 is 7.56. The van der Waals surface area contributed by atoms with Gasteiger partial charge in [0.1, 0.15) is 0 Å². The Morgan fingerprint density at radius 3 is 2.91 bits per heavy atom. The zero-order valence-electron chi connectivity index (χ0n) is 12.4. The molecule has 0 unspecified atom stereocenters. The van der Waals surface area contributed by atoms with Crippen molar-refractivity contribution in [2.75, 3.05) is 19.0 Å². The van der Waals surface area contributed by atoms with Gasteiger partial charge < -0.3 is 9.47 Å². The molecular formula is C15H17ClN2O3S. The van der Waals surface area contributed by atoms with Crippen molar-refractivity contribution < 1.29 is 14.3 Å². The molecule has 0 atom stereocenters. The topological polar surface area (TPSA) is 60.5 Å². The van der Waals surface area contributed by atoms with Gasteiger partial charge in [-0.1, -0.05) is 24.9 Å². The lowest BCUT2D eigenvalue weighted by molar-refractivity contribution is 0.102. The highest BCUT2D eigenvalue weighted by Gasteiger charge is 2.16. The number of hydrogen-bond donors (Lipinski definition) is 1. The first-order valence-electron chi connectivity index (χ1n) is 6.87. The van der Waals surface area contributed by atoms with Crippen LogP contribution in [0.25, 0.3) is 0 Å². The molecule has 1 aromatic heterocycles. The van der Waals surface area contributed by atoms with Gasteiger partial charge in [-0.05, 0) is 18.6 Å². The van der Waals surface area contributed by atoms with Crippen LogP contribution >= 0.6 is 22.9 Å². The van der Waals surface area contributed by atoms with E-state index in [-0.39, 0.29) is 5.91 Å². The summed E-state index contributed by atoms with van der Waals surface area (Å²) in [5.74, 6) is 0.603. The molecule has 0 saturated heterocycles. The fraction of sp³-hybridized carbons (Fsp3) is 0.333. The first kappa shape index (κ1) is 16.6. The third-order valence-corrected chi connectivity index (χ3v) is 3.86. The predicted octanol–water partition coefficient (Wildman–Crippen LogP) is 4.24. The van der Waals surface area contributed by atoms with Crippen molar-refractivity contribution in [2.45, 2.75) is 19.8 Å². The Labute approximate surface area is 138 Å². The zero-order valence-corrected chi connectivity index (χ0v) is 14.0. The molecule has 0 aliphatic rings. The number of amides is 1. The minimum absolute atomic E-state index is 0.296. The Morgan fingerprint density at radius 2 is 2.27 bits per heavy atom. The van der Waals surface area contributed by atoms with Gasteiger partial charge >= 0.3 is 0 Å². The molecule has 1 aromatic carbocycles. The Balaban J connectivity index is 2.19. The van der Waals surface area contributed by atoms with Crippen LogP contribution in [0.15, 0.2) is 23.7 Å². The van der Waals surface area contributed by atoms with Gasteiger partial charge in [-0.2, -0.15) is 0 Å². The predicted molar refractivity (Wildman–Crippen MR) is 88.5 cm³/mol. The summed E-state index contributed by atoms with van der Waals surface area (Å²) in [5.41, 5.74) is 0.389. The smallest absolute Gasteiger partial charge is 0.257 e.